The minimum atomic E-state index is -5.14. The van der Waals surface area contributed by atoms with Gasteiger partial charge in [-0.1, -0.05) is 12.1 Å². The van der Waals surface area contributed by atoms with Gasteiger partial charge in [0.25, 0.3) is 5.91 Å². The zero-order valence-electron chi connectivity index (χ0n) is 19.0. The van der Waals surface area contributed by atoms with Gasteiger partial charge in [-0.15, -0.1) is 5.10 Å². The van der Waals surface area contributed by atoms with Crippen LogP contribution < -0.4 is 11.0 Å². The second-order valence-electron chi connectivity index (χ2n) is 8.56. The van der Waals surface area contributed by atoms with E-state index in [1.807, 2.05) is 0 Å². The lowest BCUT2D eigenvalue weighted by Crippen LogP contribution is -2.32. The Labute approximate surface area is 207 Å². The molecule has 3 aromatic rings. The molecule has 0 bridgehead atoms. The van der Waals surface area contributed by atoms with Crippen LogP contribution in [0, 0.1) is 0 Å². The predicted octanol–water partition coefficient (Wildman–Crippen LogP) is 5.53. The summed E-state index contributed by atoms with van der Waals surface area (Å²) in [5.41, 5.74) is -5.84. The van der Waals surface area contributed by atoms with Crippen LogP contribution in [0.15, 0.2) is 47.3 Å². The number of halogens is 9. The van der Waals surface area contributed by atoms with Crippen LogP contribution in [0.4, 0.5) is 39.5 Å². The molecule has 1 aliphatic rings. The molecule has 0 aliphatic heterocycles. The highest BCUT2D eigenvalue weighted by atomic mass is 19.4. The van der Waals surface area contributed by atoms with Crippen molar-refractivity contribution in [1.82, 2.24) is 19.7 Å². The summed E-state index contributed by atoms with van der Waals surface area (Å²) in [6, 6.07) is 4.31. The van der Waals surface area contributed by atoms with E-state index in [1.54, 1.807) is 0 Å². The molecule has 1 amide bonds. The van der Waals surface area contributed by atoms with Crippen molar-refractivity contribution in [1.29, 1.82) is 0 Å². The van der Waals surface area contributed by atoms with Crippen LogP contribution >= 0.6 is 0 Å². The topological polar surface area (TPSA) is 68.9 Å². The summed E-state index contributed by atoms with van der Waals surface area (Å²) in [6.45, 7) is -0.763. The van der Waals surface area contributed by atoms with Crippen molar-refractivity contribution in [2.75, 3.05) is 6.54 Å². The van der Waals surface area contributed by atoms with Gasteiger partial charge in [0, 0.05) is 23.7 Å². The molecular weight excluding hydrogens is 535 g/mol. The zero-order chi connectivity index (χ0) is 28.0. The van der Waals surface area contributed by atoms with Gasteiger partial charge in [-0.3, -0.25) is 9.36 Å². The van der Waals surface area contributed by atoms with Gasteiger partial charge in [-0.25, -0.2) is 9.48 Å². The minimum Gasteiger partial charge on any atom is -0.350 e. The van der Waals surface area contributed by atoms with Crippen molar-refractivity contribution in [2.45, 2.75) is 44.0 Å². The third-order valence-corrected chi connectivity index (χ3v) is 5.69. The molecule has 0 saturated heterocycles. The lowest BCUT2D eigenvalue weighted by atomic mass is 10.0. The van der Waals surface area contributed by atoms with Crippen LogP contribution in [0.3, 0.4) is 0 Å². The summed E-state index contributed by atoms with van der Waals surface area (Å²) >= 11 is 0. The van der Waals surface area contributed by atoms with Gasteiger partial charge in [0.05, 0.1) is 23.2 Å². The number of aromatic nitrogens is 3. The second-order valence-corrected chi connectivity index (χ2v) is 8.56. The maximum atomic E-state index is 13.1. The Balaban J connectivity index is 1.56. The number of hydrogen-bond donors (Lipinski definition) is 1. The van der Waals surface area contributed by atoms with Crippen LogP contribution in [0.5, 0.6) is 0 Å². The SMILES string of the molecule is O=C(NCCn1nc(-c2cccc(C(F)(F)F)c2)n(C2CC2)c1=O)c1cc(C(F)(F)F)cc(C(F)(F)F)c1. The monoisotopic (exact) mass is 552 g/mol. The van der Waals surface area contributed by atoms with Crippen molar-refractivity contribution in [3.8, 4) is 11.4 Å². The van der Waals surface area contributed by atoms with Crippen molar-refractivity contribution < 1.29 is 44.3 Å². The molecule has 6 nitrogen and oxygen atoms in total. The van der Waals surface area contributed by atoms with Crippen LogP contribution in [-0.2, 0) is 25.1 Å². The van der Waals surface area contributed by atoms with Crippen molar-refractivity contribution in [3.05, 3.63) is 75.2 Å². The van der Waals surface area contributed by atoms with E-state index in [-0.39, 0.29) is 42.2 Å². The molecular formula is C23H17F9N4O2. The fraction of sp³-hybridized carbons (Fsp3) is 0.348. The molecule has 1 saturated carbocycles. The zero-order valence-corrected chi connectivity index (χ0v) is 19.0. The van der Waals surface area contributed by atoms with Crippen LogP contribution in [0.1, 0.15) is 45.9 Å². The first-order chi connectivity index (χ1) is 17.6. The Bertz CT molecular complexity index is 1380. The van der Waals surface area contributed by atoms with Gasteiger partial charge in [0.15, 0.2) is 5.82 Å². The molecule has 2 aromatic carbocycles. The molecule has 4 rings (SSSR count). The quantitative estimate of drug-likeness (QED) is 0.409. The summed E-state index contributed by atoms with van der Waals surface area (Å²) in [7, 11) is 0. The minimum absolute atomic E-state index is 0.0234. The van der Waals surface area contributed by atoms with Crippen LogP contribution in [0.25, 0.3) is 11.4 Å². The first-order valence-electron chi connectivity index (χ1n) is 11.0. The third-order valence-electron chi connectivity index (χ3n) is 5.69. The first kappa shape index (κ1) is 27.3. The average molecular weight is 552 g/mol. The van der Waals surface area contributed by atoms with Crippen LogP contribution in [0.2, 0.25) is 0 Å². The fourth-order valence-electron chi connectivity index (χ4n) is 3.72. The smallest absolute Gasteiger partial charge is 0.350 e. The van der Waals surface area contributed by atoms with E-state index in [1.165, 1.54) is 10.6 Å². The van der Waals surface area contributed by atoms with Crippen molar-refractivity contribution >= 4 is 5.91 Å². The predicted molar refractivity (Wildman–Crippen MR) is 114 cm³/mol. The lowest BCUT2D eigenvalue weighted by Gasteiger charge is -2.14. The number of carbonyl (C=O) groups is 1. The highest BCUT2D eigenvalue weighted by Crippen LogP contribution is 2.38. The molecule has 38 heavy (non-hydrogen) atoms. The number of amides is 1. The van der Waals surface area contributed by atoms with E-state index in [2.05, 4.69) is 10.4 Å². The Morgan fingerprint density at radius 3 is 1.97 bits per heavy atom. The summed E-state index contributed by atoms with van der Waals surface area (Å²) in [5.74, 6) is -1.29. The number of carbonyl (C=O) groups excluding carboxylic acids is 1. The van der Waals surface area contributed by atoms with Gasteiger partial charge in [-0.05, 0) is 43.2 Å². The molecule has 1 N–H and O–H groups in total. The molecule has 1 fully saturated rings. The highest BCUT2D eigenvalue weighted by molar-refractivity contribution is 5.94. The average Bonchev–Trinajstić information content (AvgIpc) is 3.60. The highest BCUT2D eigenvalue weighted by Gasteiger charge is 2.38. The molecule has 0 spiro atoms. The summed E-state index contributed by atoms with van der Waals surface area (Å²) in [6.07, 6.45) is -13.7. The van der Waals surface area contributed by atoms with E-state index < -0.39 is 58.9 Å². The number of nitrogens with zero attached hydrogens (tertiary/aromatic N) is 3. The largest absolute Gasteiger partial charge is 0.416 e. The number of hydrogen-bond acceptors (Lipinski definition) is 3. The van der Waals surface area contributed by atoms with E-state index in [4.69, 9.17) is 0 Å². The molecule has 0 unspecified atom stereocenters. The number of rotatable bonds is 6. The number of alkyl halides is 9. The van der Waals surface area contributed by atoms with Crippen molar-refractivity contribution in [2.24, 2.45) is 0 Å². The van der Waals surface area contributed by atoms with E-state index in [9.17, 15) is 49.1 Å². The van der Waals surface area contributed by atoms with E-state index in [0.29, 0.717) is 12.8 Å². The van der Waals surface area contributed by atoms with Gasteiger partial charge in [0.2, 0.25) is 0 Å². The maximum Gasteiger partial charge on any atom is 0.416 e. The Hall–Kier alpha value is -3.78. The molecule has 204 valence electrons. The summed E-state index contributed by atoms with van der Waals surface area (Å²) in [4.78, 5) is 25.2. The maximum absolute atomic E-state index is 13.1. The van der Waals surface area contributed by atoms with Crippen molar-refractivity contribution in [3.63, 3.8) is 0 Å². The standard InChI is InChI=1S/C23H17F9N4O2/c24-21(25,26)14-3-1-2-12(8-14)18-34-35(20(38)36(18)17-4-5-17)7-6-33-19(37)13-9-15(22(27,28)29)11-16(10-13)23(30,31)32/h1-3,8-11,17H,4-7H2,(H,33,37). The Morgan fingerprint density at radius 2 is 1.45 bits per heavy atom. The summed E-state index contributed by atoms with van der Waals surface area (Å²) in [5, 5.41) is 6.22. The number of benzene rings is 2. The molecule has 15 heteroatoms. The van der Waals surface area contributed by atoms with Gasteiger partial charge < -0.3 is 5.32 Å². The fourth-order valence-corrected chi connectivity index (χ4v) is 3.72. The van der Waals surface area contributed by atoms with Crippen LogP contribution in [-0.4, -0.2) is 26.8 Å². The third kappa shape index (κ3) is 5.86. The van der Waals surface area contributed by atoms with Gasteiger partial charge in [-0.2, -0.15) is 39.5 Å². The summed E-state index contributed by atoms with van der Waals surface area (Å²) < 4.78 is 120. The first-order valence-corrected chi connectivity index (χ1v) is 11.0. The molecule has 0 radical (unpaired) electrons. The Kier molecular flexibility index (Phi) is 6.82. The van der Waals surface area contributed by atoms with Gasteiger partial charge >= 0.3 is 24.2 Å². The van der Waals surface area contributed by atoms with Gasteiger partial charge in [0.1, 0.15) is 0 Å². The number of nitrogens with one attached hydrogen (secondary N) is 1. The Morgan fingerprint density at radius 1 is 0.868 bits per heavy atom. The molecule has 0 atom stereocenters. The molecule has 1 aromatic heterocycles. The van der Waals surface area contributed by atoms with E-state index in [0.717, 1.165) is 22.9 Å². The molecule has 1 aliphatic carbocycles. The van der Waals surface area contributed by atoms with E-state index >= 15 is 0 Å². The second kappa shape index (κ2) is 9.51. The molecule has 1 heterocycles. The lowest BCUT2D eigenvalue weighted by molar-refractivity contribution is -0.143. The normalized spacial score (nSPS) is 14.6.